The molecule has 1 fully saturated rings. The Morgan fingerprint density at radius 1 is 1.33 bits per heavy atom. The van der Waals surface area contributed by atoms with Gasteiger partial charge in [0, 0.05) is 30.7 Å². The summed E-state index contributed by atoms with van der Waals surface area (Å²) in [5.41, 5.74) is 0.0956. The Morgan fingerprint density at radius 3 is 2.48 bits per heavy atom. The molecule has 116 valence electrons. The number of Topliss-reactive ketones (excluding diaryl/α,β-unsaturated/α-hetero) is 1. The van der Waals surface area contributed by atoms with Crippen molar-refractivity contribution in [3.8, 4) is 0 Å². The van der Waals surface area contributed by atoms with Gasteiger partial charge in [-0.2, -0.15) is 0 Å². The molecule has 1 unspecified atom stereocenters. The van der Waals surface area contributed by atoms with Gasteiger partial charge in [-0.25, -0.2) is 0 Å². The molecular weight excluding hydrogens is 286 g/mol. The van der Waals surface area contributed by atoms with Crippen molar-refractivity contribution in [2.24, 2.45) is 0 Å². The maximum atomic E-state index is 13.0. The molecule has 4 nitrogen and oxygen atoms in total. The zero-order chi connectivity index (χ0) is 15.3. The van der Waals surface area contributed by atoms with Gasteiger partial charge in [-0.15, -0.1) is 11.8 Å². The van der Waals surface area contributed by atoms with E-state index in [-0.39, 0.29) is 5.78 Å². The SMILES string of the molecule is COCC(C)(C(=O)c1ccc(SC)cc1)N1CCOCC1. The molecule has 5 heteroatoms. The van der Waals surface area contributed by atoms with Crippen molar-refractivity contribution in [1.29, 1.82) is 0 Å². The predicted molar refractivity (Wildman–Crippen MR) is 85.2 cm³/mol. The van der Waals surface area contributed by atoms with E-state index < -0.39 is 5.54 Å². The fourth-order valence-electron chi connectivity index (χ4n) is 2.69. The molecule has 0 aromatic heterocycles. The van der Waals surface area contributed by atoms with Crippen LogP contribution >= 0.6 is 11.8 Å². The number of nitrogens with zero attached hydrogens (tertiary/aromatic N) is 1. The van der Waals surface area contributed by atoms with E-state index in [1.165, 1.54) is 0 Å². The van der Waals surface area contributed by atoms with Crippen LogP contribution in [-0.2, 0) is 9.47 Å². The summed E-state index contributed by atoms with van der Waals surface area (Å²) in [5, 5.41) is 0. The van der Waals surface area contributed by atoms with Crippen LogP contribution in [0.3, 0.4) is 0 Å². The quantitative estimate of drug-likeness (QED) is 0.596. The van der Waals surface area contributed by atoms with Gasteiger partial charge in [0.15, 0.2) is 5.78 Å². The average Bonchev–Trinajstić information content (AvgIpc) is 2.55. The minimum absolute atomic E-state index is 0.110. The molecule has 1 aliphatic heterocycles. The lowest BCUT2D eigenvalue weighted by Crippen LogP contribution is -2.58. The molecule has 1 saturated heterocycles. The number of carbonyl (C=O) groups is 1. The zero-order valence-electron chi connectivity index (χ0n) is 12.9. The van der Waals surface area contributed by atoms with Gasteiger partial charge in [-0.3, -0.25) is 9.69 Å². The average molecular weight is 309 g/mol. The van der Waals surface area contributed by atoms with Gasteiger partial charge in [-0.05, 0) is 25.3 Å². The number of hydrogen-bond donors (Lipinski definition) is 0. The van der Waals surface area contributed by atoms with Crippen molar-refractivity contribution in [2.45, 2.75) is 17.4 Å². The fraction of sp³-hybridized carbons (Fsp3) is 0.562. The lowest BCUT2D eigenvalue weighted by atomic mass is 9.89. The summed E-state index contributed by atoms with van der Waals surface area (Å²) in [6, 6.07) is 7.79. The first-order valence-electron chi connectivity index (χ1n) is 7.12. The number of thioether (sulfide) groups is 1. The number of hydrogen-bond acceptors (Lipinski definition) is 5. The summed E-state index contributed by atoms with van der Waals surface area (Å²) in [5.74, 6) is 0.110. The van der Waals surface area contributed by atoms with Crippen LogP contribution in [0.5, 0.6) is 0 Å². The Hall–Kier alpha value is -0.880. The van der Waals surface area contributed by atoms with Gasteiger partial charge >= 0.3 is 0 Å². The topological polar surface area (TPSA) is 38.8 Å². The van der Waals surface area contributed by atoms with Gasteiger partial charge < -0.3 is 9.47 Å². The monoisotopic (exact) mass is 309 g/mol. The standard InChI is InChI=1S/C16H23NO3S/c1-16(12-19-2,17-8-10-20-11-9-17)15(18)13-4-6-14(21-3)7-5-13/h4-7H,8-12H2,1-3H3. The van der Waals surface area contributed by atoms with Crippen LogP contribution in [0.2, 0.25) is 0 Å². The number of carbonyl (C=O) groups excluding carboxylic acids is 1. The second kappa shape index (κ2) is 7.40. The van der Waals surface area contributed by atoms with Crippen molar-refractivity contribution in [3.05, 3.63) is 29.8 Å². The number of ether oxygens (including phenoxy) is 2. The third-order valence-electron chi connectivity index (χ3n) is 3.98. The Kier molecular flexibility index (Phi) is 5.81. The minimum atomic E-state index is -0.639. The lowest BCUT2D eigenvalue weighted by molar-refractivity contribution is -0.0326. The molecule has 2 rings (SSSR count). The molecule has 1 aromatic carbocycles. The molecule has 0 amide bonds. The number of benzene rings is 1. The normalized spacial score (nSPS) is 19.2. The van der Waals surface area contributed by atoms with Gasteiger partial charge in [0.1, 0.15) is 5.54 Å². The number of rotatable bonds is 6. The van der Waals surface area contributed by atoms with E-state index >= 15 is 0 Å². The zero-order valence-corrected chi connectivity index (χ0v) is 13.7. The highest BCUT2D eigenvalue weighted by Gasteiger charge is 2.40. The first-order valence-corrected chi connectivity index (χ1v) is 8.35. The van der Waals surface area contributed by atoms with E-state index in [0.29, 0.717) is 19.8 Å². The van der Waals surface area contributed by atoms with Crippen LogP contribution < -0.4 is 0 Å². The molecule has 1 atom stereocenters. The van der Waals surface area contributed by atoms with E-state index in [2.05, 4.69) is 4.90 Å². The summed E-state index contributed by atoms with van der Waals surface area (Å²) in [6.45, 7) is 5.20. The van der Waals surface area contributed by atoms with Crippen molar-refractivity contribution >= 4 is 17.5 Å². The Balaban J connectivity index is 2.24. The second-order valence-electron chi connectivity index (χ2n) is 5.36. The fourth-order valence-corrected chi connectivity index (χ4v) is 3.10. The molecule has 0 spiro atoms. The van der Waals surface area contributed by atoms with Crippen LogP contribution in [0.1, 0.15) is 17.3 Å². The van der Waals surface area contributed by atoms with Gasteiger partial charge in [0.05, 0.1) is 19.8 Å². The van der Waals surface area contributed by atoms with Crippen LogP contribution in [0.4, 0.5) is 0 Å². The third kappa shape index (κ3) is 3.66. The smallest absolute Gasteiger partial charge is 0.185 e. The first-order chi connectivity index (χ1) is 10.1. The highest BCUT2D eigenvalue weighted by Crippen LogP contribution is 2.24. The van der Waals surface area contributed by atoms with Gasteiger partial charge in [0.25, 0.3) is 0 Å². The van der Waals surface area contributed by atoms with E-state index in [4.69, 9.17) is 9.47 Å². The van der Waals surface area contributed by atoms with Crippen molar-refractivity contribution in [1.82, 2.24) is 4.90 Å². The summed E-state index contributed by atoms with van der Waals surface area (Å²) in [7, 11) is 1.64. The van der Waals surface area contributed by atoms with Crippen molar-refractivity contribution < 1.29 is 14.3 Å². The maximum Gasteiger partial charge on any atom is 0.185 e. The van der Waals surface area contributed by atoms with Gasteiger partial charge in [-0.1, -0.05) is 12.1 Å². The summed E-state index contributed by atoms with van der Waals surface area (Å²) < 4.78 is 10.7. The number of morpholine rings is 1. The Morgan fingerprint density at radius 2 is 1.95 bits per heavy atom. The molecule has 0 N–H and O–H groups in total. The molecule has 1 heterocycles. The largest absolute Gasteiger partial charge is 0.382 e. The van der Waals surface area contributed by atoms with Crippen LogP contribution in [0.15, 0.2) is 29.2 Å². The molecule has 0 bridgehead atoms. The Bertz CT molecular complexity index is 471. The van der Waals surface area contributed by atoms with Crippen molar-refractivity contribution in [3.63, 3.8) is 0 Å². The van der Waals surface area contributed by atoms with Crippen LogP contribution in [0, 0.1) is 0 Å². The second-order valence-corrected chi connectivity index (χ2v) is 6.24. The van der Waals surface area contributed by atoms with E-state index in [1.54, 1.807) is 18.9 Å². The summed E-state index contributed by atoms with van der Waals surface area (Å²) in [4.78, 5) is 16.3. The predicted octanol–water partition coefficient (Wildman–Crippen LogP) is 2.33. The highest BCUT2D eigenvalue weighted by atomic mass is 32.2. The summed E-state index contributed by atoms with van der Waals surface area (Å²) >= 11 is 1.67. The lowest BCUT2D eigenvalue weighted by Gasteiger charge is -2.41. The molecule has 0 radical (unpaired) electrons. The van der Waals surface area contributed by atoms with E-state index in [1.807, 2.05) is 37.4 Å². The van der Waals surface area contributed by atoms with Crippen LogP contribution in [-0.4, -0.2) is 62.5 Å². The highest BCUT2D eigenvalue weighted by molar-refractivity contribution is 7.98. The summed E-state index contributed by atoms with van der Waals surface area (Å²) in [6.07, 6.45) is 2.03. The molecule has 0 saturated carbocycles. The third-order valence-corrected chi connectivity index (χ3v) is 4.72. The molecule has 21 heavy (non-hydrogen) atoms. The van der Waals surface area contributed by atoms with Crippen molar-refractivity contribution in [2.75, 3.05) is 46.3 Å². The van der Waals surface area contributed by atoms with E-state index in [9.17, 15) is 4.79 Å². The van der Waals surface area contributed by atoms with E-state index in [0.717, 1.165) is 23.5 Å². The minimum Gasteiger partial charge on any atom is -0.382 e. The molecular formula is C16H23NO3S. The van der Waals surface area contributed by atoms with Gasteiger partial charge in [0.2, 0.25) is 0 Å². The van der Waals surface area contributed by atoms with Crippen LogP contribution in [0.25, 0.3) is 0 Å². The first kappa shape index (κ1) is 16.5. The maximum absolute atomic E-state index is 13.0. The number of ketones is 1. The molecule has 1 aliphatic rings. The Labute approximate surface area is 130 Å². The number of methoxy groups -OCH3 is 1. The molecule has 1 aromatic rings. The molecule has 0 aliphatic carbocycles.